The van der Waals surface area contributed by atoms with Gasteiger partial charge < -0.3 is 19.1 Å². The monoisotopic (exact) mass is 520 g/mol. The Bertz CT molecular complexity index is 1120. The zero-order valence-electron chi connectivity index (χ0n) is 21.8. The van der Waals surface area contributed by atoms with E-state index in [0.29, 0.717) is 30.0 Å². The van der Waals surface area contributed by atoms with Crippen molar-refractivity contribution in [2.24, 2.45) is 0 Å². The highest BCUT2D eigenvalue weighted by Gasteiger charge is 2.31. The van der Waals surface area contributed by atoms with Crippen LogP contribution in [-0.4, -0.2) is 70.9 Å². The lowest BCUT2D eigenvalue weighted by Crippen LogP contribution is -2.47. The van der Waals surface area contributed by atoms with Gasteiger partial charge in [0.15, 0.2) is 0 Å². The summed E-state index contributed by atoms with van der Waals surface area (Å²) in [4.78, 5) is 27.5. The molecule has 2 amide bonds. The fraction of sp³-hybridized carbons (Fsp3) is 0.462. The van der Waals surface area contributed by atoms with Crippen molar-refractivity contribution in [2.75, 3.05) is 40.2 Å². The van der Waals surface area contributed by atoms with Crippen LogP contribution >= 0.6 is 0 Å². The molecule has 9 nitrogen and oxygen atoms in total. The highest BCUT2D eigenvalue weighted by Crippen LogP contribution is 2.30. The van der Waals surface area contributed by atoms with Gasteiger partial charge in [-0.3, -0.25) is 14.3 Å². The Labute approximate surface area is 213 Å². The molecule has 0 atom stereocenters. The maximum absolute atomic E-state index is 13.5. The van der Waals surface area contributed by atoms with Crippen LogP contribution in [0.1, 0.15) is 41.8 Å². The van der Waals surface area contributed by atoms with Crippen molar-refractivity contribution in [2.45, 2.75) is 39.2 Å². The van der Waals surface area contributed by atoms with E-state index in [9.17, 15) is 18.0 Å². The van der Waals surface area contributed by atoms with Gasteiger partial charge in [-0.1, -0.05) is 30.3 Å². The first kappa shape index (κ1) is 29.1. The van der Waals surface area contributed by atoms with Crippen LogP contribution in [0.4, 0.5) is 0 Å². The van der Waals surface area contributed by atoms with E-state index in [2.05, 4.69) is 0 Å². The van der Waals surface area contributed by atoms with E-state index in [-0.39, 0.29) is 19.1 Å². The van der Waals surface area contributed by atoms with Gasteiger partial charge in [0.1, 0.15) is 17.1 Å². The van der Waals surface area contributed by atoms with Crippen LogP contribution in [0.15, 0.2) is 42.5 Å². The molecule has 0 fully saturated rings. The van der Waals surface area contributed by atoms with Crippen molar-refractivity contribution in [3.63, 3.8) is 0 Å². The number of benzene rings is 2. The number of nitrogens with zero attached hydrogens (tertiary/aromatic N) is 1. The van der Waals surface area contributed by atoms with Gasteiger partial charge in [0, 0.05) is 24.2 Å². The maximum Gasteiger partial charge on any atom is 0.265 e. The Hall–Kier alpha value is -3.11. The van der Waals surface area contributed by atoms with Gasteiger partial charge in [-0.2, -0.15) is 0 Å². The molecule has 1 N–H and O–H groups in total. The number of methoxy groups -OCH3 is 2. The number of hydrogen-bond acceptors (Lipinski definition) is 7. The second-order valence-corrected chi connectivity index (χ2v) is 10.7. The van der Waals surface area contributed by atoms with Crippen LogP contribution in [-0.2, 0) is 26.0 Å². The molecule has 0 aromatic heterocycles. The second-order valence-electron chi connectivity index (χ2n) is 8.95. The molecule has 0 saturated heterocycles. The lowest BCUT2D eigenvalue weighted by Gasteiger charge is -2.27. The van der Waals surface area contributed by atoms with Crippen LogP contribution in [0.3, 0.4) is 0 Å². The van der Waals surface area contributed by atoms with E-state index in [0.717, 1.165) is 18.2 Å². The molecule has 0 radical (unpaired) electrons. The van der Waals surface area contributed by atoms with E-state index in [1.54, 1.807) is 17.0 Å². The quantitative estimate of drug-likeness (QED) is 0.432. The number of ether oxygens (including phenoxy) is 3. The first-order chi connectivity index (χ1) is 16.9. The predicted molar refractivity (Wildman–Crippen MR) is 138 cm³/mol. The zero-order valence-corrected chi connectivity index (χ0v) is 22.6. The number of amides is 2. The van der Waals surface area contributed by atoms with Gasteiger partial charge in [0.25, 0.3) is 11.8 Å². The largest absolute Gasteiger partial charge is 0.496 e. The van der Waals surface area contributed by atoms with Crippen molar-refractivity contribution >= 4 is 21.8 Å². The molecule has 2 aromatic carbocycles. The third-order valence-corrected chi connectivity index (χ3v) is 6.23. The van der Waals surface area contributed by atoms with Crippen LogP contribution in [0.5, 0.6) is 11.5 Å². The standard InChI is InChI=1S/C26H36N2O7S/c1-19-22(33-4)17-21(18-23(19)34-5)24(29)28(14-10-13-20-11-8-7-9-12-20)15-16-35-26(2,3)25(30)27-36(6,31)32/h7-9,11-12,17-18H,10,13-16H2,1-6H3,(H,27,30). The Morgan fingerprint density at radius 1 is 1.00 bits per heavy atom. The van der Waals surface area contributed by atoms with E-state index in [1.807, 2.05) is 42.0 Å². The first-order valence-corrected chi connectivity index (χ1v) is 13.5. The number of aryl methyl sites for hydroxylation is 1. The molecule has 0 aliphatic heterocycles. The lowest BCUT2D eigenvalue weighted by atomic mass is 10.1. The average Bonchev–Trinajstić information content (AvgIpc) is 2.82. The first-order valence-electron chi connectivity index (χ1n) is 11.6. The van der Waals surface area contributed by atoms with E-state index in [1.165, 1.54) is 33.6 Å². The summed E-state index contributed by atoms with van der Waals surface area (Å²) in [6.45, 7) is 5.48. The SMILES string of the molecule is COc1cc(C(=O)N(CCCc2ccccc2)CCOC(C)(C)C(=O)NS(C)(=O)=O)cc(OC)c1C. The normalized spacial score (nSPS) is 11.6. The lowest BCUT2D eigenvalue weighted by molar-refractivity contribution is -0.141. The van der Waals surface area contributed by atoms with Crippen LogP contribution in [0.2, 0.25) is 0 Å². The van der Waals surface area contributed by atoms with Crippen LogP contribution in [0, 0.1) is 6.92 Å². The topological polar surface area (TPSA) is 111 Å². The van der Waals surface area contributed by atoms with Gasteiger partial charge >= 0.3 is 0 Å². The Morgan fingerprint density at radius 3 is 2.11 bits per heavy atom. The van der Waals surface area contributed by atoms with Gasteiger partial charge in [0.2, 0.25) is 10.0 Å². The minimum atomic E-state index is -3.72. The molecule has 2 rings (SSSR count). The van der Waals surface area contributed by atoms with Crippen molar-refractivity contribution in [3.8, 4) is 11.5 Å². The summed E-state index contributed by atoms with van der Waals surface area (Å²) in [7, 11) is -0.655. The summed E-state index contributed by atoms with van der Waals surface area (Å²) in [5, 5.41) is 0. The molecule has 0 aliphatic carbocycles. The Kier molecular flexibility index (Phi) is 10.3. The number of carbonyl (C=O) groups excluding carboxylic acids is 2. The van der Waals surface area contributed by atoms with Crippen molar-refractivity contribution in [3.05, 3.63) is 59.2 Å². The van der Waals surface area contributed by atoms with Gasteiger partial charge in [0.05, 0.1) is 27.1 Å². The molecular weight excluding hydrogens is 484 g/mol. The van der Waals surface area contributed by atoms with Crippen LogP contribution in [0.25, 0.3) is 0 Å². The van der Waals surface area contributed by atoms with E-state index in [4.69, 9.17) is 14.2 Å². The zero-order chi connectivity index (χ0) is 26.9. The molecule has 0 heterocycles. The Balaban J connectivity index is 2.18. The number of hydrogen-bond donors (Lipinski definition) is 1. The van der Waals surface area contributed by atoms with Crippen molar-refractivity contribution < 1.29 is 32.2 Å². The number of nitrogens with one attached hydrogen (secondary N) is 1. The highest BCUT2D eigenvalue weighted by atomic mass is 32.2. The smallest absolute Gasteiger partial charge is 0.265 e. The fourth-order valence-corrected chi connectivity index (χ4v) is 4.18. The molecular formula is C26H36N2O7S. The Morgan fingerprint density at radius 2 is 1.58 bits per heavy atom. The number of carbonyl (C=O) groups is 2. The minimum absolute atomic E-state index is 0.0292. The molecule has 198 valence electrons. The molecule has 0 unspecified atom stereocenters. The summed E-state index contributed by atoms with van der Waals surface area (Å²) in [6, 6.07) is 13.3. The summed E-state index contributed by atoms with van der Waals surface area (Å²) >= 11 is 0. The molecule has 10 heteroatoms. The summed E-state index contributed by atoms with van der Waals surface area (Å²) < 4.78 is 41.3. The fourth-order valence-electron chi connectivity index (χ4n) is 3.59. The summed E-state index contributed by atoms with van der Waals surface area (Å²) in [5.41, 5.74) is 0.952. The molecule has 0 aliphatic rings. The van der Waals surface area contributed by atoms with Crippen molar-refractivity contribution in [1.29, 1.82) is 0 Å². The second kappa shape index (κ2) is 12.7. The molecule has 36 heavy (non-hydrogen) atoms. The van der Waals surface area contributed by atoms with E-state index >= 15 is 0 Å². The van der Waals surface area contributed by atoms with Crippen LogP contribution < -0.4 is 14.2 Å². The van der Waals surface area contributed by atoms with Gasteiger partial charge in [-0.25, -0.2) is 8.42 Å². The highest BCUT2D eigenvalue weighted by molar-refractivity contribution is 7.89. The molecule has 2 aromatic rings. The van der Waals surface area contributed by atoms with Crippen molar-refractivity contribution in [1.82, 2.24) is 9.62 Å². The predicted octanol–water partition coefficient (Wildman–Crippen LogP) is 2.96. The number of sulfonamides is 1. The van der Waals surface area contributed by atoms with Gasteiger partial charge in [-0.15, -0.1) is 0 Å². The third-order valence-electron chi connectivity index (χ3n) is 5.67. The summed E-state index contributed by atoms with van der Waals surface area (Å²) in [6.07, 6.45) is 2.40. The van der Waals surface area contributed by atoms with E-state index < -0.39 is 21.5 Å². The average molecular weight is 521 g/mol. The van der Waals surface area contributed by atoms with Gasteiger partial charge in [-0.05, 0) is 51.3 Å². The molecule has 0 saturated carbocycles. The molecule has 0 bridgehead atoms. The third kappa shape index (κ3) is 8.53. The minimum Gasteiger partial charge on any atom is -0.496 e. The molecule has 0 spiro atoms. The maximum atomic E-state index is 13.5. The number of rotatable bonds is 13. The summed E-state index contributed by atoms with van der Waals surface area (Å²) in [5.74, 6) is 0.0650.